The second-order valence-electron chi connectivity index (χ2n) is 1.59. The van der Waals surface area contributed by atoms with Gasteiger partial charge in [0.15, 0.2) is 0 Å². The first-order chi connectivity index (χ1) is 3.66. The topological polar surface area (TPSA) is 66.0 Å². The quantitative estimate of drug-likeness (QED) is 0.270. The Balaban J connectivity index is 3.89. The van der Waals surface area contributed by atoms with E-state index in [9.17, 15) is 0 Å². The summed E-state index contributed by atoms with van der Waals surface area (Å²) in [6.45, 7) is 1.78. The van der Waals surface area contributed by atoms with Crippen molar-refractivity contribution < 1.29 is 4.99 Å². The van der Waals surface area contributed by atoms with Gasteiger partial charge in [0.05, 0.1) is 7.05 Å². The molecule has 0 aromatic heterocycles. The number of hydrogen-bond donors (Lipinski definition) is 3. The molecule has 8 heavy (non-hydrogen) atoms. The molecule has 0 spiro atoms. The lowest BCUT2D eigenvalue weighted by Crippen LogP contribution is -2.70. The van der Waals surface area contributed by atoms with Crippen LogP contribution in [0.1, 0.15) is 6.92 Å². The number of hydrogen-bond acceptors (Lipinski definition) is 1. The van der Waals surface area contributed by atoms with Gasteiger partial charge in [-0.25, -0.2) is 0 Å². The highest BCUT2D eigenvalue weighted by Gasteiger charge is 1.86. The maximum atomic E-state index is 5.32. The van der Waals surface area contributed by atoms with E-state index in [-0.39, 0.29) is 0 Å². The van der Waals surface area contributed by atoms with E-state index in [4.69, 9.17) is 11.5 Å². The highest BCUT2D eigenvalue weighted by Crippen LogP contribution is 1.72. The Labute approximate surface area is 49.1 Å². The summed E-state index contributed by atoms with van der Waals surface area (Å²) in [4.78, 5) is 2.73. The first kappa shape index (κ1) is 7.01. The number of allylic oxidation sites excluding steroid dienone is 1. The van der Waals surface area contributed by atoms with Crippen LogP contribution in [-0.2, 0) is 0 Å². The number of nitrogens with two attached hydrogens (primary N) is 2. The molecule has 3 nitrogen and oxygen atoms in total. The van der Waals surface area contributed by atoms with Gasteiger partial charge in [0.2, 0.25) is 0 Å². The SMILES string of the molecule is C[NH+]=C(N)/C=C(/C)N. The Morgan fingerprint density at radius 1 is 1.50 bits per heavy atom. The van der Waals surface area contributed by atoms with Crippen LogP contribution in [-0.4, -0.2) is 12.9 Å². The number of amidine groups is 1. The number of rotatable bonds is 1. The maximum absolute atomic E-state index is 5.32. The van der Waals surface area contributed by atoms with Crippen LogP contribution in [0.2, 0.25) is 0 Å². The molecule has 5 N–H and O–H groups in total. The molecular weight excluding hydrogens is 102 g/mol. The van der Waals surface area contributed by atoms with E-state index in [2.05, 4.69) is 4.99 Å². The average Bonchev–Trinajstić information content (AvgIpc) is 1.65. The zero-order valence-electron chi connectivity index (χ0n) is 5.23. The van der Waals surface area contributed by atoms with Gasteiger partial charge in [0, 0.05) is 11.8 Å². The van der Waals surface area contributed by atoms with Crippen molar-refractivity contribution >= 4 is 5.84 Å². The van der Waals surface area contributed by atoms with Gasteiger partial charge in [-0.15, -0.1) is 0 Å². The van der Waals surface area contributed by atoms with Crippen molar-refractivity contribution in [1.29, 1.82) is 0 Å². The zero-order valence-corrected chi connectivity index (χ0v) is 5.23. The van der Waals surface area contributed by atoms with E-state index in [1.54, 1.807) is 20.0 Å². The fraction of sp³-hybridized carbons (Fsp3) is 0.400. The van der Waals surface area contributed by atoms with E-state index < -0.39 is 0 Å². The highest BCUT2D eigenvalue weighted by atomic mass is 14.8. The molecule has 0 aromatic carbocycles. The first-order valence-corrected chi connectivity index (χ1v) is 2.40. The minimum absolute atomic E-state index is 0.588. The minimum Gasteiger partial charge on any atom is -0.402 e. The molecule has 0 amide bonds. The third-order valence-electron chi connectivity index (χ3n) is 0.672. The van der Waals surface area contributed by atoms with E-state index >= 15 is 0 Å². The lowest BCUT2D eigenvalue weighted by atomic mass is 10.4. The largest absolute Gasteiger partial charge is 0.402 e. The first-order valence-electron chi connectivity index (χ1n) is 2.40. The van der Waals surface area contributed by atoms with Gasteiger partial charge < -0.3 is 5.73 Å². The molecule has 0 aliphatic carbocycles. The summed E-state index contributed by atoms with van der Waals surface area (Å²) < 4.78 is 0. The lowest BCUT2D eigenvalue weighted by molar-refractivity contribution is -0.419. The Bertz CT molecular complexity index is 120. The maximum Gasteiger partial charge on any atom is 0.266 e. The molecule has 0 atom stereocenters. The molecular formula is C5H12N3+. The minimum atomic E-state index is 0.588. The summed E-state index contributed by atoms with van der Waals surface area (Å²) >= 11 is 0. The molecule has 0 radical (unpaired) electrons. The van der Waals surface area contributed by atoms with E-state index in [0.717, 1.165) is 0 Å². The van der Waals surface area contributed by atoms with Crippen molar-refractivity contribution in [2.75, 3.05) is 7.05 Å². The van der Waals surface area contributed by atoms with Crippen LogP contribution >= 0.6 is 0 Å². The standard InChI is InChI=1S/C5H11N3/c1-4(6)3-5(7)8-2/h3H,6H2,1-2H3,(H2,7,8)/p+1/b4-3-. The fourth-order valence-corrected chi connectivity index (χ4v) is 0.317. The van der Waals surface area contributed by atoms with E-state index in [0.29, 0.717) is 11.5 Å². The third-order valence-corrected chi connectivity index (χ3v) is 0.672. The average molecular weight is 114 g/mol. The molecule has 0 bridgehead atoms. The van der Waals surface area contributed by atoms with E-state index in [1.807, 2.05) is 0 Å². The number of nitrogens with one attached hydrogen (secondary N) is 1. The fourth-order valence-electron chi connectivity index (χ4n) is 0.317. The van der Waals surface area contributed by atoms with Crippen molar-refractivity contribution in [2.24, 2.45) is 11.5 Å². The molecule has 0 heterocycles. The van der Waals surface area contributed by atoms with Crippen molar-refractivity contribution in [3.05, 3.63) is 11.8 Å². The van der Waals surface area contributed by atoms with Crippen molar-refractivity contribution in [3.8, 4) is 0 Å². The molecule has 0 aliphatic heterocycles. The van der Waals surface area contributed by atoms with E-state index in [1.165, 1.54) is 0 Å². The summed E-state index contributed by atoms with van der Waals surface area (Å²) in [6, 6.07) is 0. The van der Waals surface area contributed by atoms with Crippen molar-refractivity contribution in [2.45, 2.75) is 6.92 Å². The molecule has 46 valence electrons. The third kappa shape index (κ3) is 3.21. The van der Waals surface area contributed by atoms with Gasteiger partial charge >= 0.3 is 0 Å². The van der Waals surface area contributed by atoms with Crippen LogP contribution in [0.15, 0.2) is 11.8 Å². The molecule has 0 aromatic rings. The van der Waals surface area contributed by atoms with Crippen LogP contribution < -0.4 is 16.5 Å². The van der Waals surface area contributed by atoms with Gasteiger partial charge in [-0.1, -0.05) is 0 Å². The summed E-state index contributed by atoms with van der Waals surface area (Å²) in [7, 11) is 1.74. The van der Waals surface area contributed by atoms with Crippen LogP contribution in [0, 0.1) is 0 Å². The molecule has 0 unspecified atom stereocenters. The van der Waals surface area contributed by atoms with Gasteiger partial charge in [0.1, 0.15) is 0 Å². The summed E-state index contributed by atoms with van der Waals surface area (Å²) in [5, 5.41) is 0. The predicted molar refractivity (Wildman–Crippen MR) is 34.0 cm³/mol. The normalized spacial score (nSPS) is 14.2. The molecule has 3 heteroatoms. The second kappa shape index (κ2) is 3.07. The van der Waals surface area contributed by atoms with Crippen LogP contribution in [0.25, 0.3) is 0 Å². The van der Waals surface area contributed by atoms with Crippen molar-refractivity contribution in [3.63, 3.8) is 0 Å². The Morgan fingerprint density at radius 3 is 2.12 bits per heavy atom. The Hall–Kier alpha value is -0.990. The van der Waals surface area contributed by atoms with Crippen LogP contribution in [0.4, 0.5) is 0 Å². The Kier molecular flexibility index (Phi) is 2.69. The van der Waals surface area contributed by atoms with Gasteiger partial charge in [-0.2, -0.15) is 0 Å². The molecule has 0 rings (SSSR count). The van der Waals surface area contributed by atoms with Crippen molar-refractivity contribution in [1.82, 2.24) is 0 Å². The van der Waals surface area contributed by atoms with Gasteiger partial charge in [-0.3, -0.25) is 10.7 Å². The van der Waals surface area contributed by atoms with Gasteiger partial charge in [-0.05, 0) is 6.92 Å². The summed E-state index contributed by atoms with van der Waals surface area (Å²) in [5.41, 5.74) is 11.3. The van der Waals surface area contributed by atoms with Crippen LogP contribution in [0.5, 0.6) is 0 Å². The Morgan fingerprint density at radius 2 is 2.00 bits per heavy atom. The summed E-state index contributed by atoms with van der Waals surface area (Å²) in [5.74, 6) is 0.588. The summed E-state index contributed by atoms with van der Waals surface area (Å²) in [6.07, 6.45) is 1.67. The highest BCUT2D eigenvalue weighted by molar-refractivity contribution is 5.86. The van der Waals surface area contributed by atoms with Crippen LogP contribution in [0.3, 0.4) is 0 Å². The monoisotopic (exact) mass is 114 g/mol. The molecule has 0 aliphatic rings. The lowest BCUT2D eigenvalue weighted by Gasteiger charge is -1.83. The molecule has 0 saturated heterocycles. The second-order valence-corrected chi connectivity index (χ2v) is 1.59. The predicted octanol–water partition coefficient (Wildman–Crippen LogP) is -2.08. The van der Waals surface area contributed by atoms with Gasteiger partial charge in [0.25, 0.3) is 5.84 Å². The zero-order chi connectivity index (χ0) is 6.57. The molecule has 0 fully saturated rings. The smallest absolute Gasteiger partial charge is 0.266 e. The molecule has 0 saturated carbocycles.